The lowest BCUT2D eigenvalue weighted by Gasteiger charge is -2.33. The number of hydrogen-bond donors (Lipinski definition) is 3. The van der Waals surface area contributed by atoms with E-state index in [1.807, 2.05) is 64.1 Å². The monoisotopic (exact) mass is 483 g/mol. The first-order valence-corrected chi connectivity index (χ1v) is 11.6. The molecule has 3 amide bonds. The van der Waals surface area contributed by atoms with Crippen LogP contribution in [-0.4, -0.2) is 53.2 Å². The molecule has 3 N–H and O–H groups in total. The topological polar surface area (TPSA) is 108 Å². The number of anilines is 1. The summed E-state index contributed by atoms with van der Waals surface area (Å²) >= 11 is 0. The van der Waals surface area contributed by atoms with Crippen molar-refractivity contribution < 1.29 is 24.2 Å². The molecule has 8 nitrogen and oxygen atoms in total. The largest absolute Gasteiger partial charge is 0.444 e. The van der Waals surface area contributed by atoms with Crippen LogP contribution in [0.3, 0.4) is 0 Å². The Balaban J connectivity index is 2.45. The standard InChI is InChI=1S/C27H37N3O5/c1-16-11-9-12-17(2)21(16)23(24(32)29-22-18(3)13-10-14-19(22)4)30(8)25(33)20(15-31)28-26(34)35-27(5,6)7/h9-14,20,23,31H,15H2,1-8H3,(H,28,34)(H,29,32). The van der Waals surface area contributed by atoms with Gasteiger partial charge in [0.25, 0.3) is 5.91 Å². The lowest BCUT2D eigenvalue weighted by atomic mass is 9.93. The molecule has 0 saturated carbocycles. The molecule has 0 aliphatic rings. The number of aliphatic hydroxyl groups excluding tert-OH is 1. The van der Waals surface area contributed by atoms with Crippen LogP contribution in [0.4, 0.5) is 10.5 Å². The van der Waals surface area contributed by atoms with Gasteiger partial charge in [0.15, 0.2) is 0 Å². The molecule has 0 fully saturated rings. The van der Waals surface area contributed by atoms with E-state index in [0.717, 1.165) is 22.3 Å². The number of carbonyl (C=O) groups excluding carboxylic acids is 3. The normalized spacial score (nSPS) is 12.9. The van der Waals surface area contributed by atoms with Crippen molar-refractivity contribution >= 4 is 23.6 Å². The summed E-state index contributed by atoms with van der Waals surface area (Å²) in [5.41, 5.74) is 4.06. The van der Waals surface area contributed by atoms with Crippen LogP contribution in [0.2, 0.25) is 0 Å². The van der Waals surface area contributed by atoms with E-state index in [1.165, 1.54) is 11.9 Å². The van der Waals surface area contributed by atoms with Crippen molar-refractivity contribution in [3.8, 4) is 0 Å². The fraction of sp³-hybridized carbons (Fsp3) is 0.444. The highest BCUT2D eigenvalue weighted by atomic mass is 16.6. The van der Waals surface area contributed by atoms with Gasteiger partial charge in [-0.05, 0) is 76.3 Å². The summed E-state index contributed by atoms with van der Waals surface area (Å²) in [6.07, 6.45) is -0.832. The second-order valence-corrected chi connectivity index (χ2v) is 9.79. The summed E-state index contributed by atoms with van der Waals surface area (Å²) in [4.78, 5) is 40.6. The van der Waals surface area contributed by atoms with Gasteiger partial charge < -0.3 is 25.4 Å². The van der Waals surface area contributed by atoms with Gasteiger partial charge in [-0.25, -0.2) is 4.79 Å². The number of nitrogens with zero attached hydrogens (tertiary/aromatic N) is 1. The minimum atomic E-state index is -1.28. The van der Waals surface area contributed by atoms with Gasteiger partial charge in [-0.2, -0.15) is 0 Å². The SMILES string of the molecule is Cc1cccc(C)c1NC(=O)C(c1c(C)cccc1C)N(C)C(=O)C(CO)NC(=O)OC(C)(C)C. The molecule has 0 aliphatic heterocycles. The minimum Gasteiger partial charge on any atom is -0.444 e. The van der Waals surface area contributed by atoms with Gasteiger partial charge in [0.1, 0.15) is 17.7 Å². The first kappa shape index (κ1) is 27.9. The van der Waals surface area contributed by atoms with Crippen LogP contribution in [-0.2, 0) is 14.3 Å². The smallest absolute Gasteiger partial charge is 0.408 e. The summed E-state index contributed by atoms with van der Waals surface area (Å²) in [5, 5.41) is 15.3. The number of para-hydroxylation sites is 1. The molecule has 8 heteroatoms. The number of likely N-dealkylation sites (N-methyl/N-ethyl adjacent to an activating group) is 1. The molecule has 35 heavy (non-hydrogen) atoms. The quantitative estimate of drug-likeness (QED) is 0.553. The van der Waals surface area contributed by atoms with Crippen LogP contribution in [0.1, 0.15) is 54.6 Å². The molecular formula is C27H37N3O5. The third-order valence-electron chi connectivity index (χ3n) is 5.70. The van der Waals surface area contributed by atoms with Crippen molar-refractivity contribution in [1.29, 1.82) is 0 Å². The fourth-order valence-electron chi connectivity index (χ4n) is 3.97. The Labute approximate surface area is 207 Å². The molecular weight excluding hydrogens is 446 g/mol. The Bertz CT molecular complexity index is 1050. The molecule has 0 spiro atoms. The third-order valence-corrected chi connectivity index (χ3v) is 5.70. The van der Waals surface area contributed by atoms with E-state index in [9.17, 15) is 19.5 Å². The molecule has 0 radical (unpaired) electrons. The molecule has 2 atom stereocenters. The van der Waals surface area contributed by atoms with Gasteiger partial charge >= 0.3 is 6.09 Å². The Hall–Kier alpha value is -3.39. The van der Waals surface area contributed by atoms with Crippen molar-refractivity contribution in [2.45, 2.75) is 66.2 Å². The Morgan fingerprint density at radius 3 is 1.89 bits per heavy atom. The number of nitrogens with one attached hydrogen (secondary N) is 2. The number of amides is 3. The van der Waals surface area contributed by atoms with E-state index in [1.54, 1.807) is 20.8 Å². The highest BCUT2D eigenvalue weighted by Gasteiger charge is 2.35. The van der Waals surface area contributed by atoms with E-state index in [0.29, 0.717) is 11.3 Å². The second-order valence-electron chi connectivity index (χ2n) is 9.79. The highest BCUT2D eigenvalue weighted by Crippen LogP contribution is 2.30. The zero-order chi connectivity index (χ0) is 26.5. The molecule has 2 aromatic carbocycles. The maximum absolute atomic E-state index is 13.7. The molecule has 0 bridgehead atoms. The molecule has 0 heterocycles. The summed E-state index contributed by atoms with van der Waals surface area (Å²) in [5.74, 6) is -1.02. The van der Waals surface area contributed by atoms with Gasteiger partial charge in [-0.15, -0.1) is 0 Å². The molecule has 2 rings (SSSR count). The number of alkyl carbamates (subject to hydrolysis) is 1. The van der Waals surface area contributed by atoms with E-state index >= 15 is 0 Å². The molecule has 0 aromatic heterocycles. The average molecular weight is 484 g/mol. The van der Waals surface area contributed by atoms with Crippen LogP contribution >= 0.6 is 0 Å². The number of rotatable bonds is 7. The number of aryl methyl sites for hydroxylation is 4. The van der Waals surface area contributed by atoms with Gasteiger partial charge in [0.2, 0.25) is 5.91 Å². The van der Waals surface area contributed by atoms with Crippen molar-refractivity contribution in [1.82, 2.24) is 10.2 Å². The van der Waals surface area contributed by atoms with Gasteiger partial charge in [-0.3, -0.25) is 9.59 Å². The number of ether oxygens (including phenoxy) is 1. The summed E-state index contributed by atoms with van der Waals surface area (Å²) < 4.78 is 5.22. The Morgan fingerprint density at radius 2 is 1.43 bits per heavy atom. The number of aliphatic hydroxyl groups is 1. The van der Waals surface area contributed by atoms with E-state index in [-0.39, 0.29) is 0 Å². The predicted octanol–water partition coefficient (Wildman–Crippen LogP) is 3.94. The number of hydrogen-bond acceptors (Lipinski definition) is 5. The summed E-state index contributed by atoms with van der Waals surface area (Å²) in [7, 11) is 1.49. The zero-order valence-corrected chi connectivity index (χ0v) is 21.9. The van der Waals surface area contributed by atoms with Crippen molar-refractivity contribution in [3.05, 3.63) is 64.2 Å². The van der Waals surface area contributed by atoms with Gasteiger partial charge in [0.05, 0.1) is 6.61 Å². The molecule has 0 aliphatic carbocycles. The number of carbonyl (C=O) groups is 3. The van der Waals surface area contributed by atoms with E-state index in [4.69, 9.17) is 4.74 Å². The first-order valence-electron chi connectivity index (χ1n) is 11.6. The molecule has 190 valence electrons. The van der Waals surface area contributed by atoms with Crippen LogP contribution < -0.4 is 10.6 Å². The molecule has 2 aromatic rings. The maximum atomic E-state index is 13.7. The lowest BCUT2D eigenvalue weighted by Crippen LogP contribution is -2.52. The second kappa shape index (κ2) is 11.4. The molecule has 0 saturated heterocycles. The van der Waals surface area contributed by atoms with Crippen LogP contribution in [0.25, 0.3) is 0 Å². The van der Waals surface area contributed by atoms with E-state index in [2.05, 4.69) is 10.6 Å². The van der Waals surface area contributed by atoms with Gasteiger partial charge in [-0.1, -0.05) is 36.4 Å². The Morgan fingerprint density at radius 1 is 0.943 bits per heavy atom. The zero-order valence-electron chi connectivity index (χ0n) is 21.9. The van der Waals surface area contributed by atoms with Crippen LogP contribution in [0, 0.1) is 27.7 Å². The third kappa shape index (κ3) is 7.05. The predicted molar refractivity (Wildman–Crippen MR) is 136 cm³/mol. The van der Waals surface area contributed by atoms with Crippen molar-refractivity contribution in [2.24, 2.45) is 0 Å². The van der Waals surface area contributed by atoms with E-state index < -0.39 is 42.2 Å². The molecule has 2 unspecified atom stereocenters. The van der Waals surface area contributed by atoms with Gasteiger partial charge in [0, 0.05) is 12.7 Å². The fourth-order valence-corrected chi connectivity index (χ4v) is 3.97. The Kier molecular flexibility index (Phi) is 9.04. The summed E-state index contributed by atoms with van der Waals surface area (Å²) in [6.45, 7) is 12.0. The minimum absolute atomic E-state index is 0.399. The van der Waals surface area contributed by atoms with Crippen LogP contribution in [0.15, 0.2) is 36.4 Å². The van der Waals surface area contributed by atoms with Crippen LogP contribution in [0.5, 0.6) is 0 Å². The number of benzene rings is 2. The summed E-state index contributed by atoms with van der Waals surface area (Å²) in [6, 6.07) is 9.07. The maximum Gasteiger partial charge on any atom is 0.408 e. The van der Waals surface area contributed by atoms with Crippen molar-refractivity contribution in [3.63, 3.8) is 0 Å². The average Bonchev–Trinajstić information content (AvgIpc) is 2.75. The highest BCUT2D eigenvalue weighted by molar-refractivity contribution is 6.00. The van der Waals surface area contributed by atoms with Crippen molar-refractivity contribution in [2.75, 3.05) is 19.0 Å². The first-order chi connectivity index (χ1) is 16.3. The lowest BCUT2D eigenvalue weighted by molar-refractivity contribution is -0.139.